The highest BCUT2D eigenvalue weighted by Crippen LogP contribution is 2.18. The summed E-state index contributed by atoms with van der Waals surface area (Å²) in [4.78, 5) is 37.1. The maximum Gasteiger partial charge on any atom is 0.253 e. The topological polar surface area (TPSA) is 98.0 Å². The Labute approximate surface area is 170 Å². The third kappa shape index (κ3) is 5.13. The summed E-state index contributed by atoms with van der Waals surface area (Å²) in [6.07, 6.45) is 8.59. The SMILES string of the molecule is Cc1c(C(C)NC(=O)c2ccc(=O)n(CC(=O)NC3CCCCC3)c2)cnn1C. The van der Waals surface area contributed by atoms with Gasteiger partial charge in [-0.05, 0) is 32.8 Å². The molecule has 8 nitrogen and oxygen atoms in total. The number of hydrogen-bond acceptors (Lipinski definition) is 4. The van der Waals surface area contributed by atoms with E-state index in [2.05, 4.69) is 15.7 Å². The monoisotopic (exact) mass is 399 g/mol. The molecule has 2 heterocycles. The van der Waals surface area contributed by atoms with Crippen LogP contribution >= 0.6 is 0 Å². The molecule has 2 aromatic heterocycles. The minimum absolute atomic E-state index is 0.0896. The second kappa shape index (κ2) is 9.07. The fourth-order valence-electron chi connectivity index (χ4n) is 3.76. The molecular formula is C21H29N5O3. The number of carbonyl (C=O) groups is 2. The lowest BCUT2D eigenvalue weighted by Gasteiger charge is -2.23. The molecule has 0 saturated heterocycles. The minimum atomic E-state index is -0.309. The minimum Gasteiger partial charge on any atom is -0.352 e. The molecule has 1 unspecified atom stereocenters. The van der Waals surface area contributed by atoms with Crippen LogP contribution in [-0.2, 0) is 18.4 Å². The number of aromatic nitrogens is 3. The fraction of sp³-hybridized carbons (Fsp3) is 0.524. The standard InChI is InChI=1S/C21H29N5O3/c1-14(18-11-22-25(3)15(18)2)23-21(29)16-9-10-20(28)26(12-16)13-19(27)24-17-7-5-4-6-8-17/h9-12,14,17H,4-8,13H2,1-3H3,(H,23,29)(H,24,27). The van der Waals surface area contributed by atoms with Crippen molar-refractivity contribution in [2.75, 3.05) is 0 Å². The van der Waals surface area contributed by atoms with Crippen molar-refractivity contribution < 1.29 is 9.59 Å². The van der Waals surface area contributed by atoms with Gasteiger partial charge in [0.05, 0.1) is 17.8 Å². The van der Waals surface area contributed by atoms with Gasteiger partial charge in [-0.15, -0.1) is 0 Å². The van der Waals surface area contributed by atoms with Crippen molar-refractivity contribution in [2.45, 2.75) is 64.6 Å². The summed E-state index contributed by atoms with van der Waals surface area (Å²) in [5.41, 5.74) is 1.93. The molecule has 1 aliphatic carbocycles. The number of nitrogens with zero attached hydrogens (tertiary/aromatic N) is 3. The zero-order valence-corrected chi connectivity index (χ0v) is 17.3. The summed E-state index contributed by atoms with van der Waals surface area (Å²) < 4.78 is 3.04. The van der Waals surface area contributed by atoms with Crippen LogP contribution in [0.5, 0.6) is 0 Å². The maximum atomic E-state index is 12.7. The van der Waals surface area contributed by atoms with Crippen molar-refractivity contribution in [3.63, 3.8) is 0 Å². The van der Waals surface area contributed by atoms with E-state index in [0.717, 1.165) is 36.9 Å². The lowest BCUT2D eigenvalue weighted by Crippen LogP contribution is -2.40. The predicted molar refractivity (Wildman–Crippen MR) is 110 cm³/mol. The van der Waals surface area contributed by atoms with Crippen molar-refractivity contribution in [2.24, 2.45) is 7.05 Å². The molecule has 1 atom stereocenters. The van der Waals surface area contributed by atoms with Crippen LogP contribution in [0.1, 0.15) is 66.7 Å². The third-order valence-electron chi connectivity index (χ3n) is 5.62. The first-order valence-corrected chi connectivity index (χ1v) is 10.1. The Hall–Kier alpha value is -2.90. The summed E-state index contributed by atoms with van der Waals surface area (Å²) in [5, 5.41) is 10.1. The van der Waals surface area contributed by atoms with Gasteiger partial charge in [0.1, 0.15) is 6.54 Å². The molecule has 0 bridgehead atoms. The van der Waals surface area contributed by atoms with Crippen LogP contribution in [0.2, 0.25) is 0 Å². The Bertz CT molecular complexity index is 940. The molecule has 1 aliphatic rings. The van der Waals surface area contributed by atoms with Crippen molar-refractivity contribution in [1.29, 1.82) is 0 Å². The smallest absolute Gasteiger partial charge is 0.253 e. The van der Waals surface area contributed by atoms with Crippen molar-refractivity contribution in [1.82, 2.24) is 25.0 Å². The summed E-state index contributed by atoms with van der Waals surface area (Å²) in [7, 11) is 1.85. The molecule has 3 rings (SSSR count). The number of hydrogen-bond donors (Lipinski definition) is 2. The van der Waals surface area contributed by atoms with E-state index in [0.29, 0.717) is 5.56 Å². The summed E-state index contributed by atoms with van der Waals surface area (Å²) in [6, 6.07) is 2.76. The van der Waals surface area contributed by atoms with Crippen LogP contribution in [0.3, 0.4) is 0 Å². The highest BCUT2D eigenvalue weighted by molar-refractivity contribution is 5.94. The van der Waals surface area contributed by atoms with Crippen LogP contribution in [0.4, 0.5) is 0 Å². The van der Waals surface area contributed by atoms with E-state index < -0.39 is 0 Å². The summed E-state index contributed by atoms with van der Waals surface area (Å²) >= 11 is 0. The molecule has 0 radical (unpaired) electrons. The van der Waals surface area contributed by atoms with Gasteiger partial charge in [0, 0.05) is 36.6 Å². The number of aryl methyl sites for hydroxylation is 1. The van der Waals surface area contributed by atoms with Gasteiger partial charge >= 0.3 is 0 Å². The molecule has 2 aromatic rings. The molecule has 0 aliphatic heterocycles. The van der Waals surface area contributed by atoms with E-state index in [9.17, 15) is 14.4 Å². The van der Waals surface area contributed by atoms with Gasteiger partial charge in [-0.25, -0.2) is 0 Å². The number of rotatable bonds is 6. The average Bonchev–Trinajstić information content (AvgIpc) is 3.03. The fourth-order valence-corrected chi connectivity index (χ4v) is 3.76. The van der Waals surface area contributed by atoms with Gasteiger partial charge in [-0.1, -0.05) is 19.3 Å². The summed E-state index contributed by atoms with van der Waals surface area (Å²) in [6.45, 7) is 3.74. The van der Waals surface area contributed by atoms with Gasteiger partial charge in [0.2, 0.25) is 5.91 Å². The molecule has 156 valence electrons. The predicted octanol–water partition coefficient (Wildman–Crippen LogP) is 1.83. The van der Waals surface area contributed by atoms with Gasteiger partial charge in [0.25, 0.3) is 11.5 Å². The van der Waals surface area contributed by atoms with Crippen LogP contribution in [0, 0.1) is 6.92 Å². The first-order valence-electron chi connectivity index (χ1n) is 10.1. The zero-order chi connectivity index (χ0) is 21.0. The van der Waals surface area contributed by atoms with E-state index in [4.69, 9.17) is 0 Å². The Balaban J connectivity index is 1.66. The third-order valence-corrected chi connectivity index (χ3v) is 5.62. The largest absolute Gasteiger partial charge is 0.352 e. The Kier molecular flexibility index (Phi) is 6.51. The molecule has 29 heavy (non-hydrogen) atoms. The van der Waals surface area contributed by atoms with Crippen molar-refractivity contribution >= 4 is 11.8 Å². The summed E-state index contributed by atoms with van der Waals surface area (Å²) in [5.74, 6) is -0.502. The molecule has 1 saturated carbocycles. The van der Waals surface area contributed by atoms with Crippen LogP contribution in [0.15, 0.2) is 29.3 Å². The first-order chi connectivity index (χ1) is 13.8. The highest BCUT2D eigenvalue weighted by Gasteiger charge is 2.18. The second-order valence-electron chi connectivity index (χ2n) is 7.79. The Morgan fingerprint density at radius 3 is 2.62 bits per heavy atom. The molecule has 1 fully saturated rings. The van der Waals surface area contributed by atoms with E-state index in [1.807, 2.05) is 20.9 Å². The molecule has 8 heteroatoms. The van der Waals surface area contributed by atoms with Gasteiger partial charge in [-0.2, -0.15) is 5.10 Å². The molecular weight excluding hydrogens is 370 g/mol. The molecule has 2 amide bonds. The number of pyridine rings is 1. The maximum absolute atomic E-state index is 12.7. The molecule has 0 spiro atoms. The van der Waals surface area contributed by atoms with Gasteiger partial charge in [-0.3, -0.25) is 19.1 Å². The lowest BCUT2D eigenvalue weighted by molar-refractivity contribution is -0.122. The van der Waals surface area contributed by atoms with Crippen LogP contribution in [0.25, 0.3) is 0 Å². The van der Waals surface area contributed by atoms with Crippen molar-refractivity contribution in [3.8, 4) is 0 Å². The number of amides is 2. The number of nitrogens with one attached hydrogen (secondary N) is 2. The molecule has 0 aromatic carbocycles. The van der Waals surface area contributed by atoms with E-state index in [-0.39, 0.29) is 36.0 Å². The first kappa shape index (κ1) is 20.8. The van der Waals surface area contributed by atoms with Crippen LogP contribution in [-0.4, -0.2) is 32.2 Å². The van der Waals surface area contributed by atoms with Gasteiger partial charge < -0.3 is 15.2 Å². The van der Waals surface area contributed by atoms with Crippen molar-refractivity contribution in [3.05, 3.63) is 51.7 Å². The Morgan fingerprint density at radius 1 is 1.24 bits per heavy atom. The van der Waals surface area contributed by atoms with Crippen LogP contribution < -0.4 is 16.2 Å². The average molecular weight is 399 g/mol. The Morgan fingerprint density at radius 2 is 1.97 bits per heavy atom. The zero-order valence-electron chi connectivity index (χ0n) is 17.3. The molecule has 2 N–H and O–H groups in total. The normalized spacial score (nSPS) is 15.7. The van der Waals surface area contributed by atoms with E-state index in [1.165, 1.54) is 29.3 Å². The quantitative estimate of drug-likeness (QED) is 0.774. The van der Waals surface area contributed by atoms with Gasteiger partial charge in [0.15, 0.2) is 0 Å². The second-order valence-corrected chi connectivity index (χ2v) is 7.79. The lowest BCUT2D eigenvalue weighted by atomic mass is 9.95. The number of carbonyl (C=O) groups excluding carboxylic acids is 2. The van der Waals surface area contributed by atoms with E-state index in [1.54, 1.807) is 10.9 Å². The highest BCUT2D eigenvalue weighted by atomic mass is 16.2. The van der Waals surface area contributed by atoms with E-state index >= 15 is 0 Å².